The summed E-state index contributed by atoms with van der Waals surface area (Å²) in [5.74, 6) is 2.39. The summed E-state index contributed by atoms with van der Waals surface area (Å²) >= 11 is 1.50. The monoisotopic (exact) mass is 301 g/mol. The fraction of sp³-hybridized carbons (Fsp3) is 0.467. The van der Waals surface area contributed by atoms with Crippen molar-refractivity contribution in [2.45, 2.75) is 49.2 Å². The molecule has 0 atom stereocenters. The lowest BCUT2D eigenvalue weighted by atomic mass is 10.4. The van der Waals surface area contributed by atoms with E-state index in [9.17, 15) is 0 Å². The van der Waals surface area contributed by atoms with Crippen LogP contribution in [0, 0.1) is 6.92 Å². The molecule has 0 saturated heterocycles. The largest absolute Gasteiger partial charge is 0.370 e. The Morgan fingerprint density at radius 1 is 1.29 bits per heavy atom. The molecule has 0 aliphatic heterocycles. The molecule has 2 heterocycles. The molecule has 0 aromatic carbocycles. The Balaban J connectivity index is 1.84. The molecule has 2 aromatic rings. The maximum absolute atomic E-state index is 4.66. The van der Waals surface area contributed by atoms with Crippen molar-refractivity contribution in [1.29, 1.82) is 0 Å². The zero-order chi connectivity index (χ0) is 14.7. The summed E-state index contributed by atoms with van der Waals surface area (Å²) in [6.45, 7) is 5.04. The van der Waals surface area contributed by atoms with Crippen LogP contribution < -0.4 is 5.32 Å². The van der Waals surface area contributed by atoms with Crippen molar-refractivity contribution >= 4 is 17.6 Å². The lowest BCUT2D eigenvalue weighted by Gasteiger charge is -2.08. The second kappa shape index (κ2) is 6.39. The Morgan fingerprint density at radius 2 is 2.14 bits per heavy atom. The maximum Gasteiger partial charge on any atom is 0.194 e. The molecule has 0 spiro atoms. The molecular weight excluding hydrogens is 282 g/mol. The van der Waals surface area contributed by atoms with Gasteiger partial charge in [0.2, 0.25) is 0 Å². The van der Waals surface area contributed by atoms with Crippen molar-refractivity contribution in [2.75, 3.05) is 11.9 Å². The highest BCUT2D eigenvalue weighted by Gasteiger charge is 2.27. The van der Waals surface area contributed by atoms with Crippen molar-refractivity contribution in [3.05, 3.63) is 29.8 Å². The second-order valence-corrected chi connectivity index (χ2v) is 6.22. The third kappa shape index (κ3) is 3.91. The van der Waals surface area contributed by atoms with E-state index in [2.05, 4.69) is 32.2 Å². The predicted octanol–water partition coefficient (Wildman–Crippen LogP) is 3.43. The van der Waals surface area contributed by atoms with Gasteiger partial charge in [-0.1, -0.05) is 6.92 Å². The molecule has 1 saturated carbocycles. The van der Waals surface area contributed by atoms with Crippen molar-refractivity contribution in [3.8, 4) is 0 Å². The highest BCUT2D eigenvalue weighted by molar-refractivity contribution is 7.99. The van der Waals surface area contributed by atoms with Gasteiger partial charge in [-0.05, 0) is 44.0 Å². The van der Waals surface area contributed by atoms with Crippen LogP contribution in [0.15, 0.2) is 28.5 Å². The Labute approximate surface area is 129 Å². The van der Waals surface area contributed by atoms with Gasteiger partial charge < -0.3 is 5.32 Å². The summed E-state index contributed by atoms with van der Waals surface area (Å²) in [6.07, 6.45) is 5.25. The van der Waals surface area contributed by atoms with Crippen LogP contribution in [0.1, 0.15) is 43.6 Å². The summed E-state index contributed by atoms with van der Waals surface area (Å²) in [6, 6.07) is 3.88. The third-order valence-electron chi connectivity index (χ3n) is 3.19. The van der Waals surface area contributed by atoms with Gasteiger partial charge >= 0.3 is 0 Å². The number of aryl methyl sites for hydroxylation is 1. The number of hydrogen-bond donors (Lipinski definition) is 1. The van der Waals surface area contributed by atoms with Crippen molar-refractivity contribution in [2.24, 2.45) is 0 Å². The first-order chi connectivity index (χ1) is 10.2. The number of hydrogen-bond acceptors (Lipinski definition) is 6. The zero-order valence-electron chi connectivity index (χ0n) is 12.3. The number of rotatable bonds is 6. The average molecular weight is 301 g/mol. The maximum atomic E-state index is 4.66. The van der Waals surface area contributed by atoms with E-state index >= 15 is 0 Å². The highest BCUT2D eigenvalue weighted by Crippen LogP contribution is 2.39. The Hall–Kier alpha value is -1.69. The predicted molar refractivity (Wildman–Crippen MR) is 83.7 cm³/mol. The quantitative estimate of drug-likeness (QED) is 0.651. The van der Waals surface area contributed by atoms with E-state index < -0.39 is 0 Å². The lowest BCUT2D eigenvalue weighted by molar-refractivity contribution is 0.862. The van der Waals surface area contributed by atoms with Crippen molar-refractivity contribution in [1.82, 2.24) is 19.9 Å². The van der Waals surface area contributed by atoms with E-state index in [0.717, 1.165) is 40.5 Å². The Bertz CT molecular complexity index is 627. The molecular formula is C15H19N5S. The van der Waals surface area contributed by atoms with Crippen LogP contribution >= 0.6 is 11.8 Å². The van der Waals surface area contributed by atoms with E-state index in [0.29, 0.717) is 5.92 Å². The first-order valence-electron chi connectivity index (χ1n) is 7.35. The minimum absolute atomic E-state index is 0.533. The van der Waals surface area contributed by atoms with Gasteiger partial charge in [-0.15, -0.1) is 0 Å². The molecule has 0 bridgehead atoms. The normalized spacial score (nSPS) is 14.2. The summed E-state index contributed by atoms with van der Waals surface area (Å²) < 4.78 is 0. The molecule has 0 amide bonds. The Morgan fingerprint density at radius 3 is 2.86 bits per heavy atom. The van der Waals surface area contributed by atoms with Gasteiger partial charge in [0.25, 0.3) is 0 Å². The van der Waals surface area contributed by atoms with Gasteiger partial charge in [0.1, 0.15) is 16.7 Å². The summed E-state index contributed by atoms with van der Waals surface area (Å²) in [4.78, 5) is 18.0. The van der Waals surface area contributed by atoms with E-state index in [1.54, 1.807) is 6.20 Å². The number of anilines is 1. The van der Waals surface area contributed by atoms with Gasteiger partial charge in [0, 0.05) is 30.4 Å². The average Bonchev–Trinajstić information content (AvgIpc) is 3.29. The molecule has 0 radical (unpaired) electrons. The van der Waals surface area contributed by atoms with Crippen LogP contribution in [-0.4, -0.2) is 26.5 Å². The van der Waals surface area contributed by atoms with E-state index in [-0.39, 0.29) is 0 Å². The second-order valence-electron chi connectivity index (χ2n) is 5.23. The van der Waals surface area contributed by atoms with Gasteiger partial charge in [0.15, 0.2) is 5.16 Å². The first-order valence-corrected chi connectivity index (χ1v) is 8.16. The van der Waals surface area contributed by atoms with Crippen molar-refractivity contribution < 1.29 is 0 Å². The third-order valence-corrected chi connectivity index (χ3v) is 3.98. The van der Waals surface area contributed by atoms with Crippen LogP contribution in [0.3, 0.4) is 0 Å². The molecule has 1 fully saturated rings. The molecule has 5 nitrogen and oxygen atoms in total. The van der Waals surface area contributed by atoms with Crippen LogP contribution in [0.2, 0.25) is 0 Å². The summed E-state index contributed by atoms with van der Waals surface area (Å²) in [5, 5.41) is 5.00. The molecule has 2 aromatic heterocycles. The molecule has 1 aliphatic carbocycles. The number of nitrogens with zero attached hydrogens (tertiary/aromatic N) is 4. The first kappa shape index (κ1) is 14.3. The number of aromatic nitrogens is 4. The van der Waals surface area contributed by atoms with Gasteiger partial charge in [-0.3, -0.25) is 0 Å². The van der Waals surface area contributed by atoms with Gasteiger partial charge in [-0.25, -0.2) is 19.9 Å². The smallest absolute Gasteiger partial charge is 0.194 e. The Kier molecular flexibility index (Phi) is 4.34. The minimum atomic E-state index is 0.533. The topological polar surface area (TPSA) is 63.6 Å². The summed E-state index contributed by atoms with van der Waals surface area (Å²) in [5.41, 5.74) is 0.966. The molecule has 0 unspecified atom stereocenters. The van der Waals surface area contributed by atoms with Crippen LogP contribution in [0.4, 0.5) is 5.82 Å². The van der Waals surface area contributed by atoms with Crippen LogP contribution in [0.25, 0.3) is 0 Å². The molecule has 21 heavy (non-hydrogen) atoms. The zero-order valence-corrected chi connectivity index (χ0v) is 13.2. The summed E-state index contributed by atoms with van der Waals surface area (Å²) in [7, 11) is 0. The van der Waals surface area contributed by atoms with Gasteiger partial charge in [0.05, 0.1) is 0 Å². The number of nitrogens with one attached hydrogen (secondary N) is 1. The molecule has 1 aliphatic rings. The fourth-order valence-corrected chi connectivity index (χ4v) is 2.73. The standard InChI is InChI=1S/C15H19N5S/c1-3-7-16-12-9-13(20-14(19-12)11-4-5-11)21-15-17-8-6-10(2)18-15/h6,8-9,11H,3-5,7H2,1-2H3,(H,16,19,20). The van der Waals surface area contributed by atoms with E-state index in [1.807, 2.05) is 19.1 Å². The van der Waals surface area contributed by atoms with Crippen molar-refractivity contribution in [3.63, 3.8) is 0 Å². The van der Waals surface area contributed by atoms with Gasteiger partial charge in [-0.2, -0.15) is 0 Å². The van der Waals surface area contributed by atoms with Crippen LogP contribution in [-0.2, 0) is 0 Å². The minimum Gasteiger partial charge on any atom is -0.370 e. The fourth-order valence-electron chi connectivity index (χ4n) is 1.93. The van der Waals surface area contributed by atoms with E-state index in [4.69, 9.17) is 0 Å². The highest BCUT2D eigenvalue weighted by atomic mass is 32.2. The molecule has 1 N–H and O–H groups in total. The molecule has 3 rings (SSSR count). The SMILES string of the molecule is CCCNc1cc(Sc2nccc(C)n2)nc(C2CC2)n1. The molecule has 110 valence electrons. The molecule has 6 heteroatoms. The van der Waals surface area contributed by atoms with Crippen LogP contribution in [0.5, 0.6) is 0 Å². The lowest BCUT2D eigenvalue weighted by Crippen LogP contribution is -2.05. The van der Waals surface area contributed by atoms with E-state index in [1.165, 1.54) is 24.6 Å².